The van der Waals surface area contributed by atoms with Crippen molar-refractivity contribution in [1.29, 1.82) is 0 Å². The molecule has 36 heavy (non-hydrogen) atoms. The molecule has 0 radical (unpaired) electrons. The van der Waals surface area contributed by atoms with Crippen molar-refractivity contribution in [3.8, 4) is 11.5 Å². The standard InChI is InChI=1S/C25H24F3N5O3/c26-25(27,28)21-20(31-23(36-21)16-5-2-1-3-6-16)22(34)30-18-9-10-19(29-15-18)32-11-4-12-33(14-13-32)24(35)17-7-8-17/h1-3,5-6,9-10,15,17H,4,7-8,11-14H2,(H,30,34). The van der Waals surface area contributed by atoms with Crippen molar-refractivity contribution >= 4 is 23.3 Å². The van der Waals surface area contributed by atoms with Crippen LogP contribution in [0.25, 0.3) is 11.5 Å². The van der Waals surface area contributed by atoms with Crippen molar-refractivity contribution < 1.29 is 27.2 Å². The Morgan fingerprint density at radius 3 is 2.44 bits per heavy atom. The van der Waals surface area contributed by atoms with Crippen LogP contribution in [0.2, 0.25) is 0 Å². The third-order valence-electron chi connectivity index (χ3n) is 6.18. The third-order valence-corrected chi connectivity index (χ3v) is 6.18. The normalized spacial score (nSPS) is 16.5. The number of hydrogen-bond donors (Lipinski definition) is 1. The summed E-state index contributed by atoms with van der Waals surface area (Å²) in [5.74, 6) is -1.73. The summed E-state index contributed by atoms with van der Waals surface area (Å²) in [5.41, 5.74) is -0.303. The lowest BCUT2D eigenvalue weighted by Crippen LogP contribution is -2.36. The monoisotopic (exact) mass is 499 g/mol. The van der Waals surface area contributed by atoms with E-state index in [9.17, 15) is 22.8 Å². The minimum Gasteiger partial charge on any atom is -0.431 e. The molecule has 1 aliphatic carbocycles. The molecule has 1 aromatic carbocycles. The fraction of sp³-hybridized carbons (Fsp3) is 0.360. The molecule has 2 amide bonds. The van der Waals surface area contributed by atoms with Gasteiger partial charge in [-0.15, -0.1) is 0 Å². The van der Waals surface area contributed by atoms with Gasteiger partial charge in [0.1, 0.15) is 5.82 Å². The van der Waals surface area contributed by atoms with E-state index in [1.165, 1.54) is 6.20 Å². The minimum atomic E-state index is -4.89. The van der Waals surface area contributed by atoms with Crippen molar-refractivity contribution in [3.63, 3.8) is 0 Å². The first-order valence-electron chi connectivity index (χ1n) is 11.7. The Balaban J connectivity index is 1.27. The second kappa shape index (κ2) is 9.63. The Labute approximate surface area is 205 Å². The predicted molar refractivity (Wildman–Crippen MR) is 125 cm³/mol. The number of benzene rings is 1. The number of amides is 2. The Bertz CT molecular complexity index is 1240. The van der Waals surface area contributed by atoms with Gasteiger partial charge in [-0.3, -0.25) is 9.59 Å². The lowest BCUT2D eigenvalue weighted by Gasteiger charge is -2.23. The molecule has 5 rings (SSSR count). The van der Waals surface area contributed by atoms with Crippen molar-refractivity contribution in [2.24, 2.45) is 5.92 Å². The predicted octanol–water partition coefficient (Wildman–Crippen LogP) is 4.46. The van der Waals surface area contributed by atoms with Gasteiger partial charge in [0, 0.05) is 37.7 Å². The molecular formula is C25H24F3N5O3. The summed E-state index contributed by atoms with van der Waals surface area (Å²) >= 11 is 0. The van der Waals surface area contributed by atoms with E-state index in [0.717, 1.165) is 25.8 Å². The molecule has 1 N–H and O–H groups in total. The third kappa shape index (κ3) is 5.19. The molecule has 1 aliphatic heterocycles. The summed E-state index contributed by atoms with van der Waals surface area (Å²) in [7, 11) is 0. The van der Waals surface area contributed by atoms with Crippen LogP contribution < -0.4 is 10.2 Å². The van der Waals surface area contributed by atoms with Crippen molar-refractivity contribution in [2.75, 3.05) is 36.4 Å². The summed E-state index contributed by atoms with van der Waals surface area (Å²) in [4.78, 5) is 37.2. The van der Waals surface area contributed by atoms with Gasteiger partial charge in [-0.1, -0.05) is 18.2 Å². The van der Waals surface area contributed by atoms with Gasteiger partial charge in [-0.05, 0) is 43.5 Å². The Kier molecular flexibility index (Phi) is 6.38. The van der Waals surface area contributed by atoms with E-state index in [1.807, 2.05) is 4.90 Å². The van der Waals surface area contributed by atoms with E-state index >= 15 is 0 Å². The average Bonchev–Trinajstić information content (AvgIpc) is 3.66. The fourth-order valence-electron chi connectivity index (χ4n) is 4.16. The number of nitrogens with zero attached hydrogens (tertiary/aromatic N) is 4. The molecule has 1 saturated carbocycles. The average molecular weight is 499 g/mol. The highest BCUT2D eigenvalue weighted by Gasteiger charge is 2.42. The number of carbonyl (C=O) groups excluding carboxylic acids is 2. The van der Waals surface area contributed by atoms with Gasteiger partial charge in [0.15, 0.2) is 5.69 Å². The number of anilines is 2. The van der Waals surface area contributed by atoms with E-state index in [1.54, 1.807) is 42.5 Å². The second-order valence-corrected chi connectivity index (χ2v) is 8.86. The highest BCUT2D eigenvalue weighted by molar-refractivity contribution is 6.04. The van der Waals surface area contributed by atoms with Crippen LogP contribution in [0.1, 0.15) is 35.5 Å². The Hall–Kier alpha value is -3.89. The molecule has 3 aromatic rings. The zero-order valence-corrected chi connectivity index (χ0v) is 19.3. The van der Waals surface area contributed by atoms with Crippen LogP contribution in [-0.2, 0) is 11.0 Å². The number of pyridine rings is 1. The zero-order chi connectivity index (χ0) is 25.3. The van der Waals surface area contributed by atoms with Crippen molar-refractivity contribution in [1.82, 2.24) is 14.9 Å². The highest BCUT2D eigenvalue weighted by Crippen LogP contribution is 2.35. The number of carbonyl (C=O) groups is 2. The van der Waals surface area contributed by atoms with Crippen LogP contribution in [-0.4, -0.2) is 52.9 Å². The topological polar surface area (TPSA) is 91.6 Å². The SMILES string of the molecule is O=C(Nc1ccc(N2CCCN(C(=O)C3CC3)CC2)nc1)c1nc(-c2ccccc2)oc1C(F)(F)F. The van der Waals surface area contributed by atoms with Gasteiger partial charge >= 0.3 is 6.18 Å². The van der Waals surface area contributed by atoms with E-state index < -0.39 is 23.5 Å². The maximum atomic E-state index is 13.5. The first-order valence-corrected chi connectivity index (χ1v) is 11.7. The summed E-state index contributed by atoms with van der Waals surface area (Å²) in [6.45, 7) is 2.69. The molecule has 8 nitrogen and oxygen atoms in total. The van der Waals surface area contributed by atoms with Gasteiger partial charge in [-0.25, -0.2) is 9.97 Å². The smallest absolute Gasteiger partial charge is 0.431 e. The molecule has 2 aromatic heterocycles. The number of halogens is 3. The van der Waals surface area contributed by atoms with E-state index in [2.05, 4.69) is 20.2 Å². The number of hydrogen-bond acceptors (Lipinski definition) is 6. The van der Waals surface area contributed by atoms with Gasteiger partial charge in [-0.2, -0.15) is 13.2 Å². The molecule has 0 spiro atoms. The zero-order valence-electron chi connectivity index (χ0n) is 19.3. The highest BCUT2D eigenvalue weighted by atomic mass is 19.4. The van der Waals surface area contributed by atoms with Gasteiger partial charge in [0.25, 0.3) is 5.91 Å². The number of aromatic nitrogens is 2. The van der Waals surface area contributed by atoms with E-state index in [-0.39, 0.29) is 23.4 Å². The maximum absolute atomic E-state index is 13.5. The largest absolute Gasteiger partial charge is 0.452 e. The lowest BCUT2D eigenvalue weighted by atomic mass is 10.2. The minimum absolute atomic E-state index is 0.184. The van der Waals surface area contributed by atoms with Crippen molar-refractivity contribution in [2.45, 2.75) is 25.4 Å². The van der Waals surface area contributed by atoms with Gasteiger partial charge in [0.05, 0.1) is 11.9 Å². The number of nitrogens with one attached hydrogen (secondary N) is 1. The van der Waals surface area contributed by atoms with Crippen LogP contribution >= 0.6 is 0 Å². The molecule has 0 atom stereocenters. The van der Waals surface area contributed by atoms with Crippen LogP contribution in [0.4, 0.5) is 24.7 Å². The Morgan fingerprint density at radius 1 is 1.00 bits per heavy atom. The molecule has 3 heterocycles. The van der Waals surface area contributed by atoms with Crippen LogP contribution in [0.5, 0.6) is 0 Å². The van der Waals surface area contributed by atoms with Crippen LogP contribution in [0.3, 0.4) is 0 Å². The lowest BCUT2D eigenvalue weighted by molar-refractivity contribution is -0.153. The van der Waals surface area contributed by atoms with Gasteiger partial charge < -0.3 is 19.5 Å². The van der Waals surface area contributed by atoms with Gasteiger partial charge in [0.2, 0.25) is 17.6 Å². The van der Waals surface area contributed by atoms with E-state index in [4.69, 9.17) is 4.42 Å². The van der Waals surface area contributed by atoms with Crippen molar-refractivity contribution in [3.05, 3.63) is 60.1 Å². The summed E-state index contributed by atoms with van der Waals surface area (Å²) in [5, 5.41) is 2.42. The number of alkyl halides is 3. The first-order chi connectivity index (χ1) is 17.3. The quantitative estimate of drug-likeness (QED) is 0.558. The van der Waals surface area contributed by atoms with E-state index in [0.29, 0.717) is 31.0 Å². The summed E-state index contributed by atoms with van der Waals surface area (Å²) in [6, 6.07) is 11.3. The molecule has 188 valence electrons. The Morgan fingerprint density at radius 2 is 1.78 bits per heavy atom. The number of oxazole rings is 1. The molecule has 11 heteroatoms. The summed E-state index contributed by atoms with van der Waals surface area (Å²) in [6.07, 6.45) is -0.748. The molecule has 0 bridgehead atoms. The van der Waals surface area contributed by atoms with Crippen LogP contribution in [0, 0.1) is 5.92 Å². The fourth-order valence-corrected chi connectivity index (χ4v) is 4.16. The molecule has 0 unspecified atom stereocenters. The maximum Gasteiger partial charge on any atom is 0.452 e. The second-order valence-electron chi connectivity index (χ2n) is 8.86. The molecule has 2 aliphatic rings. The molecular weight excluding hydrogens is 475 g/mol. The molecule has 1 saturated heterocycles. The number of rotatable bonds is 5. The first kappa shape index (κ1) is 23.8. The molecule has 2 fully saturated rings. The summed E-state index contributed by atoms with van der Waals surface area (Å²) < 4.78 is 45.5. The van der Waals surface area contributed by atoms with Crippen LogP contribution in [0.15, 0.2) is 53.1 Å².